The number of urea groups is 1. The van der Waals surface area contributed by atoms with Crippen LogP contribution in [0.1, 0.15) is 25.0 Å². The van der Waals surface area contributed by atoms with E-state index in [-0.39, 0.29) is 12.8 Å². The van der Waals surface area contributed by atoms with E-state index in [1.807, 2.05) is 37.3 Å². The van der Waals surface area contributed by atoms with Gasteiger partial charge in [0.1, 0.15) is 0 Å². The van der Waals surface area contributed by atoms with E-state index in [1.54, 1.807) is 0 Å². The Kier molecular flexibility index (Phi) is 5.51. The van der Waals surface area contributed by atoms with Crippen LogP contribution in [0.15, 0.2) is 36.4 Å². The summed E-state index contributed by atoms with van der Waals surface area (Å²) in [5.74, 6) is 1.45. The van der Waals surface area contributed by atoms with Gasteiger partial charge in [0.25, 0.3) is 0 Å². The molecule has 1 aliphatic heterocycles. The molecule has 1 aliphatic rings. The average Bonchev–Trinajstić information content (AvgIpc) is 3.11. The number of nitrogens with one attached hydrogen (secondary N) is 2. The number of amides is 2. The molecule has 0 saturated heterocycles. The van der Waals surface area contributed by atoms with E-state index in [2.05, 4.69) is 35.4 Å². The quantitative estimate of drug-likeness (QED) is 0.825. The summed E-state index contributed by atoms with van der Waals surface area (Å²) in [7, 11) is 0. The molecule has 0 unspecified atom stereocenters. The summed E-state index contributed by atoms with van der Waals surface area (Å²) in [6.07, 6.45) is 0. The maximum Gasteiger partial charge on any atom is 0.319 e. The average molecular weight is 355 g/mol. The topological polar surface area (TPSA) is 62.8 Å². The zero-order valence-electron chi connectivity index (χ0n) is 15.5. The molecule has 6 nitrogen and oxygen atoms in total. The Hall–Kier alpha value is -2.89. The largest absolute Gasteiger partial charge is 0.454 e. The number of hydrogen-bond acceptors (Lipinski definition) is 4. The molecule has 0 spiro atoms. The zero-order valence-corrected chi connectivity index (χ0v) is 15.5. The predicted octanol–water partition coefficient (Wildman–Crippen LogP) is 3.89. The molecule has 0 aromatic heterocycles. The highest BCUT2D eigenvalue weighted by Gasteiger charge is 2.13. The lowest BCUT2D eigenvalue weighted by Crippen LogP contribution is -2.28. The maximum atomic E-state index is 12.2. The van der Waals surface area contributed by atoms with Crippen LogP contribution in [-0.2, 0) is 6.54 Å². The third-order valence-corrected chi connectivity index (χ3v) is 4.48. The SMILES string of the molecule is CCN(CC)c1ccc(NC(=O)NCc2ccc3c(c2)OCO3)c(C)c1. The van der Waals surface area contributed by atoms with Crippen molar-refractivity contribution in [3.63, 3.8) is 0 Å². The minimum absolute atomic E-state index is 0.235. The third-order valence-electron chi connectivity index (χ3n) is 4.48. The van der Waals surface area contributed by atoms with Crippen molar-refractivity contribution < 1.29 is 14.3 Å². The first-order chi connectivity index (χ1) is 12.6. The molecule has 26 heavy (non-hydrogen) atoms. The number of ether oxygens (including phenoxy) is 2. The van der Waals surface area contributed by atoms with Gasteiger partial charge in [-0.2, -0.15) is 0 Å². The van der Waals surface area contributed by atoms with Crippen LogP contribution < -0.4 is 25.0 Å². The number of aryl methyl sites for hydroxylation is 1. The maximum absolute atomic E-state index is 12.2. The summed E-state index contributed by atoms with van der Waals surface area (Å²) in [6.45, 7) is 8.84. The molecule has 0 radical (unpaired) electrons. The molecule has 0 atom stereocenters. The molecular weight excluding hydrogens is 330 g/mol. The van der Waals surface area contributed by atoms with Gasteiger partial charge in [0, 0.05) is 31.0 Å². The van der Waals surface area contributed by atoms with Crippen molar-refractivity contribution in [1.82, 2.24) is 5.32 Å². The number of rotatable bonds is 6. The van der Waals surface area contributed by atoms with Gasteiger partial charge >= 0.3 is 6.03 Å². The Morgan fingerprint density at radius 1 is 1.08 bits per heavy atom. The van der Waals surface area contributed by atoms with Crippen molar-refractivity contribution >= 4 is 17.4 Å². The van der Waals surface area contributed by atoms with Crippen LogP contribution >= 0.6 is 0 Å². The van der Waals surface area contributed by atoms with Crippen LogP contribution in [-0.4, -0.2) is 25.9 Å². The Bertz CT molecular complexity index is 788. The molecule has 0 aliphatic carbocycles. The Balaban J connectivity index is 1.58. The van der Waals surface area contributed by atoms with Crippen LogP contribution in [0.5, 0.6) is 11.5 Å². The van der Waals surface area contributed by atoms with Crippen molar-refractivity contribution in [1.29, 1.82) is 0 Å². The van der Waals surface area contributed by atoms with Crippen molar-refractivity contribution in [3.05, 3.63) is 47.5 Å². The van der Waals surface area contributed by atoms with E-state index in [0.29, 0.717) is 12.3 Å². The summed E-state index contributed by atoms with van der Waals surface area (Å²) in [5.41, 5.74) is 3.97. The van der Waals surface area contributed by atoms with Gasteiger partial charge in [0.05, 0.1) is 0 Å². The normalized spacial score (nSPS) is 12.0. The van der Waals surface area contributed by atoms with Crippen molar-refractivity contribution in [3.8, 4) is 11.5 Å². The summed E-state index contributed by atoms with van der Waals surface area (Å²) in [6, 6.07) is 11.5. The van der Waals surface area contributed by atoms with Gasteiger partial charge in [0.2, 0.25) is 6.79 Å². The van der Waals surface area contributed by atoms with Gasteiger partial charge in [-0.05, 0) is 62.2 Å². The van der Waals surface area contributed by atoms with Gasteiger partial charge < -0.3 is 25.0 Å². The first-order valence-corrected chi connectivity index (χ1v) is 8.89. The zero-order chi connectivity index (χ0) is 18.5. The fourth-order valence-corrected chi connectivity index (χ4v) is 2.97. The number of carbonyl (C=O) groups excluding carboxylic acids is 1. The van der Waals surface area contributed by atoms with Gasteiger partial charge in [-0.25, -0.2) is 4.79 Å². The van der Waals surface area contributed by atoms with Gasteiger partial charge in [0.15, 0.2) is 11.5 Å². The van der Waals surface area contributed by atoms with Gasteiger partial charge in [-0.3, -0.25) is 0 Å². The predicted molar refractivity (Wildman–Crippen MR) is 103 cm³/mol. The monoisotopic (exact) mass is 355 g/mol. The van der Waals surface area contributed by atoms with Crippen LogP contribution in [0.3, 0.4) is 0 Å². The second-order valence-corrected chi connectivity index (χ2v) is 6.17. The molecule has 138 valence electrons. The minimum atomic E-state index is -0.235. The lowest BCUT2D eigenvalue weighted by molar-refractivity contribution is 0.174. The second kappa shape index (κ2) is 7.99. The van der Waals surface area contributed by atoms with E-state index in [0.717, 1.165) is 35.7 Å². The molecule has 3 rings (SSSR count). The number of hydrogen-bond donors (Lipinski definition) is 2. The fourth-order valence-electron chi connectivity index (χ4n) is 2.97. The molecule has 6 heteroatoms. The van der Waals surface area contributed by atoms with E-state index in [1.165, 1.54) is 5.69 Å². The van der Waals surface area contributed by atoms with Crippen LogP contribution in [0, 0.1) is 6.92 Å². The highest BCUT2D eigenvalue weighted by molar-refractivity contribution is 5.90. The summed E-state index contributed by atoms with van der Waals surface area (Å²) < 4.78 is 10.6. The molecule has 0 fully saturated rings. The number of anilines is 2. The molecule has 1 heterocycles. The lowest BCUT2D eigenvalue weighted by atomic mass is 10.1. The van der Waals surface area contributed by atoms with Crippen LogP contribution in [0.4, 0.5) is 16.2 Å². The van der Waals surface area contributed by atoms with Crippen molar-refractivity contribution in [2.24, 2.45) is 0 Å². The van der Waals surface area contributed by atoms with Gasteiger partial charge in [-0.15, -0.1) is 0 Å². The Morgan fingerprint density at radius 3 is 2.58 bits per heavy atom. The summed E-state index contributed by atoms with van der Waals surface area (Å²) in [5, 5.41) is 5.78. The first kappa shape index (κ1) is 17.9. The van der Waals surface area contributed by atoms with Gasteiger partial charge in [-0.1, -0.05) is 6.07 Å². The standard InChI is InChI=1S/C20H25N3O3/c1-4-23(5-2)16-7-8-17(14(3)10-16)22-20(24)21-12-15-6-9-18-19(11-15)26-13-25-18/h6-11H,4-5,12-13H2,1-3H3,(H2,21,22,24). The molecule has 0 saturated carbocycles. The number of benzene rings is 2. The van der Waals surface area contributed by atoms with E-state index in [4.69, 9.17) is 9.47 Å². The summed E-state index contributed by atoms with van der Waals surface area (Å²) >= 11 is 0. The first-order valence-electron chi connectivity index (χ1n) is 8.89. The molecular formula is C20H25N3O3. The molecule has 0 bridgehead atoms. The lowest BCUT2D eigenvalue weighted by Gasteiger charge is -2.22. The molecule has 2 aromatic rings. The molecule has 2 aromatic carbocycles. The van der Waals surface area contributed by atoms with Crippen molar-refractivity contribution in [2.75, 3.05) is 30.1 Å². The molecule has 2 N–H and O–H groups in total. The number of carbonyl (C=O) groups is 1. The van der Waals surface area contributed by atoms with Crippen molar-refractivity contribution in [2.45, 2.75) is 27.3 Å². The highest BCUT2D eigenvalue weighted by Crippen LogP contribution is 2.32. The van der Waals surface area contributed by atoms with E-state index < -0.39 is 0 Å². The number of fused-ring (bicyclic) bond motifs is 1. The Morgan fingerprint density at radius 2 is 1.85 bits per heavy atom. The summed E-state index contributed by atoms with van der Waals surface area (Å²) in [4.78, 5) is 14.5. The van der Waals surface area contributed by atoms with E-state index >= 15 is 0 Å². The second-order valence-electron chi connectivity index (χ2n) is 6.17. The Labute approximate surface area is 154 Å². The third kappa shape index (κ3) is 4.02. The molecule has 2 amide bonds. The van der Waals surface area contributed by atoms with Crippen LogP contribution in [0.25, 0.3) is 0 Å². The smallest absolute Gasteiger partial charge is 0.319 e. The highest BCUT2D eigenvalue weighted by atomic mass is 16.7. The van der Waals surface area contributed by atoms with Crippen LogP contribution in [0.2, 0.25) is 0 Å². The van der Waals surface area contributed by atoms with E-state index in [9.17, 15) is 4.79 Å². The minimum Gasteiger partial charge on any atom is -0.454 e. The number of nitrogens with zero attached hydrogens (tertiary/aromatic N) is 1. The fraction of sp³-hybridized carbons (Fsp3) is 0.350.